The molecule has 0 saturated carbocycles. The van der Waals surface area contributed by atoms with Crippen LogP contribution >= 0.6 is 0 Å². The Kier molecular flexibility index (Phi) is 10.5. The van der Waals surface area contributed by atoms with Gasteiger partial charge in [-0.1, -0.05) is 226 Å². The SMILES string of the molecule is CC1(C)c2ccccc2-c2cc(N(c3ccccc3)c3ccc4c(c3)C3(c5ccccc5-4)c4ccc(-c5ccc(-c6ccccc6)cc5)cc4-c4cc(-c5ccccc5)c(N(c5ccccc5)c5ccccc5)cc43)ccc21. The van der Waals surface area contributed by atoms with Crippen molar-refractivity contribution in [2.45, 2.75) is 24.7 Å². The van der Waals surface area contributed by atoms with Crippen molar-refractivity contribution in [1.29, 1.82) is 0 Å². The average molecular weight is 995 g/mol. The lowest BCUT2D eigenvalue weighted by Crippen LogP contribution is -2.26. The fraction of sp³-hybridized carbons (Fsp3) is 0.0526. The summed E-state index contributed by atoms with van der Waals surface area (Å²) in [5, 5.41) is 0. The number of nitrogens with zero attached hydrogens (tertiary/aromatic N) is 2. The van der Waals surface area contributed by atoms with Crippen LogP contribution in [0, 0.1) is 0 Å². The minimum absolute atomic E-state index is 0.0989. The van der Waals surface area contributed by atoms with Crippen LogP contribution < -0.4 is 9.80 Å². The van der Waals surface area contributed by atoms with Gasteiger partial charge in [-0.25, -0.2) is 0 Å². The predicted octanol–water partition coefficient (Wildman–Crippen LogP) is 20.3. The van der Waals surface area contributed by atoms with Crippen LogP contribution in [0.3, 0.4) is 0 Å². The third-order valence-corrected chi connectivity index (χ3v) is 17.1. The molecular weight excluding hydrogens is 941 g/mol. The van der Waals surface area contributed by atoms with E-state index in [2.05, 4.69) is 315 Å². The molecule has 12 aromatic carbocycles. The fourth-order valence-electron chi connectivity index (χ4n) is 13.5. The molecule has 0 aliphatic heterocycles. The zero-order valence-electron chi connectivity index (χ0n) is 43.6. The second-order valence-corrected chi connectivity index (χ2v) is 21.6. The number of benzene rings is 12. The summed E-state index contributed by atoms with van der Waals surface area (Å²) in [7, 11) is 0. The Morgan fingerprint density at radius 2 is 0.615 bits per heavy atom. The zero-order valence-corrected chi connectivity index (χ0v) is 43.6. The van der Waals surface area contributed by atoms with Gasteiger partial charge in [0.2, 0.25) is 0 Å². The Bertz CT molecular complexity index is 4220. The molecule has 3 aliphatic rings. The van der Waals surface area contributed by atoms with E-state index in [0.717, 1.165) is 39.7 Å². The van der Waals surface area contributed by atoms with Gasteiger partial charge in [-0.05, 0) is 173 Å². The fourth-order valence-corrected chi connectivity index (χ4v) is 13.5. The van der Waals surface area contributed by atoms with Crippen LogP contribution in [-0.2, 0) is 10.8 Å². The van der Waals surface area contributed by atoms with E-state index in [-0.39, 0.29) is 5.41 Å². The quantitative estimate of drug-likeness (QED) is 0.142. The predicted molar refractivity (Wildman–Crippen MR) is 326 cm³/mol. The van der Waals surface area contributed by atoms with Gasteiger partial charge in [0, 0.05) is 39.4 Å². The van der Waals surface area contributed by atoms with Gasteiger partial charge < -0.3 is 9.80 Å². The monoisotopic (exact) mass is 994 g/mol. The standard InChI is InChI=1S/C76H54N2/c1-75(2)68-34-20-18-33-62(68)66-47-59(42-45-69(66)75)77(56-26-12-5-13-27-56)60-41-43-63-61-32-19-21-35-70(61)76(72(63)48-60)71-44-40-55(53-38-36-52(37-39-53)51-22-8-3-9-23-51)46-65(71)67-49-64(54-24-10-4-11-25-54)74(50-73(67)76)78(57-28-14-6-15-29-57)58-30-16-7-17-31-58/h3-50H,1-2H3. The third kappa shape index (κ3) is 6.96. The molecule has 1 atom stereocenters. The first-order valence-corrected chi connectivity index (χ1v) is 27.2. The maximum absolute atomic E-state index is 2.55. The smallest absolute Gasteiger partial charge is 0.0727 e. The van der Waals surface area contributed by atoms with E-state index < -0.39 is 5.41 Å². The van der Waals surface area contributed by atoms with Crippen LogP contribution in [0.15, 0.2) is 291 Å². The lowest BCUT2D eigenvalue weighted by Gasteiger charge is -2.34. The second-order valence-electron chi connectivity index (χ2n) is 21.6. The van der Waals surface area contributed by atoms with Gasteiger partial charge in [0.25, 0.3) is 0 Å². The van der Waals surface area contributed by atoms with Gasteiger partial charge in [-0.3, -0.25) is 0 Å². The van der Waals surface area contributed by atoms with Crippen LogP contribution in [0.25, 0.3) is 66.8 Å². The molecule has 0 saturated heterocycles. The van der Waals surface area contributed by atoms with E-state index in [9.17, 15) is 0 Å². The summed E-state index contributed by atoms with van der Waals surface area (Å²) in [5.74, 6) is 0. The Morgan fingerprint density at radius 1 is 0.218 bits per heavy atom. The van der Waals surface area contributed by atoms with Crippen LogP contribution in [0.1, 0.15) is 47.2 Å². The van der Waals surface area contributed by atoms with Crippen molar-refractivity contribution in [2.75, 3.05) is 9.80 Å². The lowest BCUT2D eigenvalue weighted by molar-refractivity contribution is 0.660. The summed E-state index contributed by atoms with van der Waals surface area (Å²) in [6, 6.07) is 108. The molecule has 1 spiro atoms. The van der Waals surface area contributed by atoms with Crippen molar-refractivity contribution < 1.29 is 0 Å². The molecule has 0 bridgehead atoms. The van der Waals surface area contributed by atoms with E-state index in [0.29, 0.717) is 0 Å². The van der Waals surface area contributed by atoms with Crippen molar-refractivity contribution in [3.8, 4) is 66.8 Å². The number of hydrogen-bond donors (Lipinski definition) is 0. The highest BCUT2D eigenvalue weighted by Gasteiger charge is 2.53. The maximum atomic E-state index is 2.55. The number of rotatable bonds is 9. The minimum Gasteiger partial charge on any atom is -0.310 e. The largest absolute Gasteiger partial charge is 0.310 e. The molecular formula is C76H54N2. The molecule has 0 aromatic heterocycles. The van der Waals surface area contributed by atoms with Gasteiger partial charge in [0.05, 0.1) is 11.1 Å². The maximum Gasteiger partial charge on any atom is 0.0727 e. The molecule has 0 heterocycles. The van der Waals surface area contributed by atoms with Gasteiger partial charge in [0.15, 0.2) is 0 Å². The van der Waals surface area contributed by atoms with E-state index in [4.69, 9.17) is 0 Å². The van der Waals surface area contributed by atoms with E-state index >= 15 is 0 Å². The summed E-state index contributed by atoms with van der Waals surface area (Å²) in [4.78, 5) is 4.93. The van der Waals surface area contributed by atoms with Crippen LogP contribution in [0.2, 0.25) is 0 Å². The van der Waals surface area contributed by atoms with Crippen molar-refractivity contribution in [1.82, 2.24) is 0 Å². The number of fused-ring (bicyclic) bond motifs is 13. The van der Waals surface area contributed by atoms with Gasteiger partial charge in [-0.15, -0.1) is 0 Å². The Balaban J connectivity index is 1.01. The summed E-state index contributed by atoms with van der Waals surface area (Å²) in [6.45, 7) is 4.72. The van der Waals surface area contributed by atoms with Crippen molar-refractivity contribution in [2.24, 2.45) is 0 Å². The second kappa shape index (κ2) is 17.9. The van der Waals surface area contributed by atoms with E-state index in [1.807, 2.05) is 0 Å². The molecule has 2 nitrogen and oxygen atoms in total. The molecule has 0 radical (unpaired) electrons. The van der Waals surface area contributed by atoms with E-state index in [1.165, 1.54) is 94.6 Å². The lowest BCUT2D eigenvalue weighted by atomic mass is 9.70. The number of para-hydroxylation sites is 3. The molecule has 78 heavy (non-hydrogen) atoms. The minimum atomic E-state index is -0.686. The van der Waals surface area contributed by atoms with E-state index in [1.54, 1.807) is 0 Å². The van der Waals surface area contributed by atoms with Gasteiger partial charge in [0.1, 0.15) is 0 Å². The summed E-state index contributed by atoms with van der Waals surface area (Å²) >= 11 is 0. The Hall–Kier alpha value is -9.76. The van der Waals surface area contributed by atoms with Gasteiger partial charge in [-0.2, -0.15) is 0 Å². The molecule has 0 fully saturated rings. The highest BCUT2D eigenvalue weighted by molar-refractivity contribution is 6.02. The third-order valence-electron chi connectivity index (χ3n) is 17.1. The van der Waals surface area contributed by atoms with Crippen LogP contribution in [0.4, 0.5) is 34.1 Å². The molecule has 0 amide bonds. The Morgan fingerprint density at radius 3 is 1.26 bits per heavy atom. The molecule has 15 rings (SSSR count). The molecule has 1 unspecified atom stereocenters. The van der Waals surface area contributed by atoms with Crippen LogP contribution in [-0.4, -0.2) is 0 Å². The van der Waals surface area contributed by atoms with Crippen molar-refractivity contribution in [3.63, 3.8) is 0 Å². The van der Waals surface area contributed by atoms with Crippen molar-refractivity contribution >= 4 is 34.1 Å². The molecule has 2 heteroatoms. The summed E-state index contributed by atoms with van der Waals surface area (Å²) in [6.07, 6.45) is 0. The highest BCUT2D eigenvalue weighted by atomic mass is 15.1. The van der Waals surface area contributed by atoms with Crippen LogP contribution in [0.5, 0.6) is 0 Å². The molecule has 0 N–H and O–H groups in total. The molecule has 3 aliphatic carbocycles. The zero-order chi connectivity index (χ0) is 52.0. The Labute approximate surface area is 457 Å². The number of hydrogen-bond acceptors (Lipinski definition) is 2. The van der Waals surface area contributed by atoms with Gasteiger partial charge >= 0.3 is 0 Å². The first-order chi connectivity index (χ1) is 38.4. The van der Waals surface area contributed by atoms with Crippen molar-refractivity contribution in [3.05, 3.63) is 325 Å². The average Bonchev–Trinajstić information content (AvgIpc) is 3.62. The summed E-state index contributed by atoms with van der Waals surface area (Å²) < 4.78 is 0. The first-order valence-electron chi connectivity index (χ1n) is 27.2. The molecule has 12 aromatic rings. The first kappa shape index (κ1) is 45.6. The number of anilines is 6. The normalized spacial score (nSPS) is 14.7. The molecule has 368 valence electrons. The summed E-state index contributed by atoms with van der Waals surface area (Å²) in [5.41, 5.74) is 28.5. The highest BCUT2D eigenvalue weighted by Crippen LogP contribution is 2.65. The topological polar surface area (TPSA) is 6.48 Å².